The van der Waals surface area contributed by atoms with Gasteiger partial charge in [-0.2, -0.15) is 0 Å². The van der Waals surface area contributed by atoms with Gasteiger partial charge in [-0.1, -0.05) is 0 Å². The van der Waals surface area contributed by atoms with E-state index in [1.807, 2.05) is 7.05 Å². The van der Waals surface area contributed by atoms with E-state index in [4.69, 9.17) is 4.74 Å². The maximum atomic E-state index is 5.22. The topological polar surface area (TPSA) is 41.8 Å². The van der Waals surface area contributed by atoms with Gasteiger partial charge in [0.15, 0.2) is 5.96 Å². The lowest BCUT2D eigenvalue weighted by atomic mass is 10.0. The Balaban J connectivity index is 1.87. The van der Waals surface area contributed by atoms with Crippen molar-refractivity contribution in [3.63, 3.8) is 0 Å². The van der Waals surface area contributed by atoms with Crippen molar-refractivity contribution in [1.29, 1.82) is 0 Å². The van der Waals surface area contributed by atoms with E-state index in [0.29, 0.717) is 5.41 Å². The fraction of sp³-hybridized carbons (Fsp3) is 0.688. The Bertz CT molecular complexity index is 522. The highest BCUT2D eigenvalue weighted by Gasteiger charge is 2.42. The quantitative estimate of drug-likeness (QED) is 0.592. The van der Waals surface area contributed by atoms with Gasteiger partial charge in [-0.15, -0.1) is 0 Å². The second-order valence-corrected chi connectivity index (χ2v) is 7.18. The molecule has 1 aliphatic rings. The summed E-state index contributed by atoms with van der Waals surface area (Å²) < 4.78 is 8.46. The van der Waals surface area contributed by atoms with Crippen LogP contribution < -0.4 is 5.32 Å². The van der Waals surface area contributed by atoms with Crippen LogP contribution in [-0.2, 0) is 18.3 Å². The molecule has 0 aliphatic heterocycles. The first-order valence-corrected chi connectivity index (χ1v) is 8.50. The minimum absolute atomic E-state index is 0.417. The molecular formula is C16H27BrN4O. The van der Waals surface area contributed by atoms with Gasteiger partial charge in [-0.25, -0.2) is 0 Å². The molecule has 1 saturated carbocycles. The zero-order valence-electron chi connectivity index (χ0n) is 14.0. The molecule has 0 bridgehead atoms. The first-order chi connectivity index (χ1) is 10.5. The maximum absolute atomic E-state index is 5.22. The number of methoxy groups -OCH3 is 1. The van der Waals surface area contributed by atoms with E-state index < -0.39 is 0 Å². The van der Waals surface area contributed by atoms with Crippen LogP contribution in [-0.4, -0.2) is 49.8 Å². The Morgan fingerprint density at radius 2 is 2.27 bits per heavy atom. The molecule has 0 atom stereocenters. The number of ether oxygens (including phenoxy) is 1. The highest BCUT2D eigenvalue weighted by molar-refractivity contribution is 9.10. The Hall–Kier alpha value is -1.01. The molecule has 0 radical (unpaired) electrons. The van der Waals surface area contributed by atoms with Crippen LogP contribution in [0.2, 0.25) is 0 Å². The van der Waals surface area contributed by atoms with Crippen LogP contribution in [0, 0.1) is 5.41 Å². The molecule has 0 unspecified atom stereocenters. The molecule has 0 spiro atoms. The normalized spacial score (nSPS) is 16.7. The molecule has 1 aromatic rings. The number of nitrogens with zero attached hydrogens (tertiary/aromatic N) is 3. The molecular weight excluding hydrogens is 344 g/mol. The molecule has 1 N–H and O–H groups in total. The van der Waals surface area contributed by atoms with Crippen LogP contribution >= 0.6 is 15.9 Å². The summed E-state index contributed by atoms with van der Waals surface area (Å²) in [5, 5.41) is 3.53. The third-order valence-corrected chi connectivity index (χ3v) is 4.90. The monoisotopic (exact) mass is 370 g/mol. The number of aryl methyl sites for hydroxylation is 1. The maximum Gasteiger partial charge on any atom is 0.193 e. The highest BCUT2D eigenvalue weighted by atomic mass is 79.9. The van der Waals surface area contributed by atoms with E-state index in [1.54, 1.807) is 7.11 Å². The van der Waals surface area contributed by atoms with Crippen LogP contribution in [0.3, 0.4) is 0 Å². The van der Waals surface area contributed by atoms with E-state index in [2.05, 4.69) is 62.1 Å². The standard InChI is InChI=1S/C16H27BrN4O/c1-18-15(19-12-16(5-6-16)7-8-22-4)21(3)11-14-9-13(17)10-20(14)2/h9-10H,5-8,11-12H2,1-4H3,(H,18,19). The Morgan fingerprint density at radius 3 is 2.77 bits per heavy atom. The van der Waals surface area contributed by atoms with Crippen molar-refractivity contribution in [1.82, 2.24) is 14.8 Å². The number of nitrogens with one attached hydrogen (secondary N) is 1. The van der Waals surface area contributed by atoms with Crippen molar-refractivity contribution in [3.05, 3.63) is 22.4 Å². The number of aromatic nitrogens is 1. The van der Waals surface area contributed by atoms with Crippen LogP contribution in [0.1, 0.15) is 25.0 Å². The van der Waals surface area contributed by atoms with Gasteiger partial charge in [0, 0.05) is 57.8 Å². The summed E-state index contributed by atoms with van der Waals surface area (Å²) >= 11 is 3.52. The van der Waals surface area contributed by atoms with E-state index in [9.17, 15) is 0 Å². The van der Waals surface area contributed by atoms with E-state index in [0.717, 1.165) is 36.5 Å². The molecule has 1 fully saturated rings. The fourth-order valence-electron chi connectivity index (χ4n) is 2.70. The highest BCUT2D eigenvalue weighted by Crippen LogP contribution is 2.48. The zero-order chi connectivity index (χ0) is 16.2. The average Bonchev–Trinajstić information content (AvgIpc) is 3.18. The lowest BCUT2D eigenvalue weighted by Crippen LogP contribution is -2.41. The van der Waals surface area contributed by atoms with Gasteiger partial charge in [-0.05, 0) is 46.7 Å². The van der Waals surface area contributed by atoms with Gasteiger partial charge in [0.25, 0.3) is 0 Å². The summed E-state index contributed by atoms with van der Waals surface area (Å²) in [6.07, 6.45) is 5.77. The zero-order valence-corrected chi connectivity index (χ0v) is 15.6. The minimum Gasteiger partial charge on any atom is -0.385 e. The van der Waals surface area contributed by atoms with Crippen molar-refractivity contribution in [2.75, 3.05) is 34.4 Å². The molecule has 6 heteroatoms. The van der Waals surface area contributed by atoms with Crippen LogP contribution in [0.15, 0.2) is 21.7 Å². The van der Waals surface area contributed by atoms with E-state index in [-0.39, 0.29) is 0 Å². The second-order valence-electron chi connectivity index (χ2n) is 6.26. The van der Waals surface area contributed by atoms with E-state index in [1.165, 1.54) is 18.5 Å². The molecule has 0 saturated heterocycles. The van der Waals surface area contributed by atoms with Crippen molar-refractivity contribution in [2.45, 2.75) is 25.8 Å². The van der Waals surface area contributed by atoms with Crippen LogP contribution in [0.25, 0.3) is 0 Å². The number of hydrogen-bond acceptors (Lipinski definition) is 2. The number of hydrogen-bond donors (Lipinski definition) is 1. The molecule has 22 heavy (non-hydrogen) atoms. The first-order valence-electron chi connectivity index (χ1n) is 7.71. The molecule has 2 rings (SSSR count). The lowest BCUT2D eigenvalue weighted by Gasteiger charge is -2.24. The molecule has 1 heterocycles. The number of guanidine groups is 1. The Labute approximate surface area is 141 Å². The predicted molar refractivity (Wildman–Crippen MR) is 94.1 cm³/mol. The molecule has 0 aromatic carbocycles. The van der Waals surface area contributed by atoms with Crippen molar-refractivity contribution < 1.29 is 4.74 Å². The van der Waals surface area contributed by atoms with Gasteiger partial charge >= 0.3 is 0 Å². The van der Waals surface area contributed by atoms with Gasteiger partial charge in [0.1, 0.15) is 0 Å². The average molecular weight is 371 g/mol. The molecule has 5 nitrogen and oxygen atoms in total. The molecule has 0 amide bonds. The smallest absolute Gasteiger partial charge is 0.193 e. The lowest BCUT2D eigenvalue weighted by molar-refractivity contribution is 0.172. The summed E-state index contributed by atoms with van der Waals surface area (Å²) in [7, 11) is 7.75. The van der Waals surface area contributed by atoms with Crippen molar-refractivity contribution >= 4 is 21.9 Å². The summed E-state index contributed by atoms with van der Waals surface area (Å²) in [5.41, 5.74) is 1.67. The largest absolute Gasteiger partial charge is 0.385 e. The Kier molecular flexibility index (Phi) is 5.92. The third kappa shape index (κ3) is 4.49. The van der Waals surface area contributed by atoms with Crippen molar-refractivity contribution in [3.8, 4) is 0 Å². The fourth-order valence-corrected chi connectivity index (χ4v) is 3.27. The number of rotatable bonds is 7. The van der Waals surface area contributed by atoms with Crippen molar-refractivity contribution in [2.24, 2.45) is 17.5 Å². The summed E-state index contributed by atoms with van der Waals surface area (Å²) in [6.45, 7) is 2.64. The van der Waals surface area contributed by atoms with Gasteiger partial charge in [0.2, 0.25) is 0 Å². The predicted octanol–water partition coefficient (Wildman–Crippen LogP) is 2.61. The first kappa shape index (κ1) is 17.3. The van der Waals surface area contributed by atoms with Gasteiger partial charge < -0.3 is 19.5 Å². The minimum atomic E-state index is 0.417. The van der Waals surface area contributed by atoms with E-state index >= 15 is 0 Å². The van der Waals surface area contributed by atoms with Gasteiger partial charge in [0.05, 0.1) is 6.54 Å². The summed E-state index contributed by atoms with van der Waals surface area (Å²) in [6, 6.07) is 2.14. The number of aliphatic imine (C=N–C) groups is 1. The summed E-state index contributed by atoms with van der Waals surface area (Å²) in [4.78, 5) is 6.57. The molecule has 124 valence electrons. The Morgan fingerprint density at radius 1 is 1.55 bits per heavy atom. The molecule has 1 aromatic heterocycles. The number of halogens is 1. The van der Waals surface area contributed by atoms with Crippen LogP contribution in [0.5, 0.6) is 0 Å². The summed E-state index contributed by atoms with van der Waals surface area (Å²) in [5.74, 6) is 0.945. The third-order valence-electron chi connectivity index (χ3n) is 4.46. The SMILES string of the molecule is CN=C(NCC1(CCOC)CC1)N(C)Cc1cc(Br)cn1C. The van der Waals surface area contributed by atoms with Gasteiger partial charge in [-0.3, -0.25) is 4.99 Å². The van der Waals surface area contributed by atoms with Crippen LogP contribution in [0.4, 0.5) is 0 Å². The second kappa shape index (κ2) is 7.51. The molecule has 1 aliphatic carbocycles.